The molecule has 0 aromatic heterocycles. The number of carbonyl (C=O) groups is 1. The SMILES string of the molecule is N#CCCN(C(=O)CN1CCOC(c2ccc(Cl)cc2)C1)c1ccccc1. The molecule has 1 aliphatic rings. The molecule has 1 amide bonds. The summed E-state index contributed by atoms with van der Waals surface area (Å²) in [6, 6.07) is 19.2. The zero-order valence-corrected chi connectivity index (χ0v) is 15.8. The van der Waals surface area contributed by atoms with Gasteiger partial charge < -0.3 is 9.64 Å². The van der Waals surface area contributed by atoms with Gasteiger partial charge in [0.15, 0.2) is 0 Å². The summed E-state index contributed by atoms with van der Waals surface area (Å²) in [4.78, 5) is 16.7. The van der Waals surface area contributed by atoms with Crippen LogP contribution in [-0.2, 0) is 9.53 Å². The van der Waals surface area contributed by atoms with E-state index in [2.05, 4.69) is 11.0 Å². The van der Waals surface area contributed by atoms with Crippen molar-refractivity contribution < 1.29 is 9.53 Å². The van der Waals surface area contributed by atoms with Gasteiger partial charge in [-0.25, -0.2) is 0 Å². The van der Waals surface area contributed by atoms with E-state index >= 15 is 0 Å². The van der Waals surface area contributed by atoms with Gasteiger partial charge in [-0.2, -0.15) is 5.26 Å². The normalized spacial score (nSPS) is 17.3. The number of benzene rings is 2. The zero-order valence-electron chi connectivity index (χ0n) is 15.1. The molecule has 0 spiro atoms. The molecule has 0 bridgehead atoms. The van der Waals surface area contributed by atoms with Crippen LogP contribution >= 0.6 is 11.6 Å². The largest absolute Gasteiger partial charge is 0.371 e. The van der Waals surface area contributed by atoms with Crippen molar-refractivity contribution in [2.24, 2.45) is 0 Å². The molecule has 6 heteroatoms. The topological polar surface area (TPSA) is 56.6 Å². The number of nitriles is 1. The van der Waals surface area contributed by atoms with Crippen molar-refractivity contribution in [1.82, 2.24) is 4.90 Å². The Balaban J connectivity index is 1.66. The van der Waals surface area contributed by atoms with Crippen LogP contribution in [0.5, 0.6) is 0 Å². The van der Waals surface area contributed by atoms with Gasteiger partial charge in [-0.15, -0.1) is 0 Å². The average Bonchev–Trinajstić information content (AvgIpc) is 2.70. The molecule has 1 fully saturated rings. The number of para-hydroxylation sites is 1. The highest BCUT2D eigenvalue weighted by molar-refractivity contribution is 6.30. The zero-order chi connectivity index (χ0) is 19.1. The molecule has 0 radical (unpaired) electrons. The number of anilines is 1. The number of nitrogens with zero attached hydrogens (tertiary/aromatic N) is 3. The third-order valence-corrected chi connectivity index (χ3v) is 4.82. The first kappa shape index (κ1) is 19.4. The molecule has 1 aliphatic heterocycles. The first-order valence-corrected chi connectivity index (χ1v) is 9.37. The fourth-order valence-electron chi connectivity index (χ4n) is 3.17. The van der Waals surface area contributed by atoms with E-state index in [4.69, 9.17) is 21.6 Å². The monoisotopic (exact) mass is 383 g/mol. The lowest BCUT2D eigenvalue weighted by Crippen LogP contribution is -2.46. The van der Waals surface area contributed by atoms with E-state index in [1.807, 2.05) is 54.6 Å². The maximum atomic E-state index is 12.9. The third kappa shape index (κ3) is 5.30. The van der Waals surface area contributed by atoms with Gasteiger partial charge in [0.1, 0.15) is 0 Å². The van der Waals surface area contributed by atoms with E-state index in [-0.39, 0.29) is 12.0 Å². The Morgan fingerprint density at radius 1 is 1.22 bits per heavy atom. The molecule has 5 nitrogen and oxygen atoms in total. The Kier molecular flexibility index (Phi) is 6.83. The van der Waals surface area contributed by atoms with Gasteiger partial charge in [0.05, 0.1) is 31.7 Å². The number of carbonyl (C=O) groups excluding carboxylic acids is 1. The number of ether oxygens (including phenoxy) is 1. The Labute approximate surface area is 164 Å². The summed E-state index contributed by atoms with van der Waals surface area (Å²) in [6.45, 7) is 2.62. The maximum Gasteiger partial charge on any atom is 0.241 e. The van der Waals surface area contributed by atoms with Crippen molar-refractivity contribution in [3.8, 4) is 6.07 Å². The first-order chi connectivity index (χ1) is 13.2. The Bertz CT molecular complexity index is 789. The minimum atomic E-state index is -0.0758. The van der Waals surface area contributed by atoms with Crippen molar-refractivity contribution in [2.75, 3.05) is 37.7 Å². The molecule has 0 saturated carbocycles. The molecule has 2 aromatic carbocycles. The summed E-state index contributed by atoms with van der Waals surface area (Å²) in [7, 11) is 0. The molecule has 140 valence electrons. The van der Waals surface area contributed by atoms with Crippen LogP contribution < -0.4 is 4.90 Å². The molecule has 1 heterocycles. The van der Waals surface area contributed by atoms with Crippen molar-refractivity contribution in [3.05, 3.63) is 65.2 Å². The molecule has 27 heavy (non-hydrogen) atoms. The fourth-order valence-corrected chi connectivity index (χ4v) is 3.30. The lowest BCUT2D eigenvalue weighted by atomic mass is 10.1. The summed E-state index contributed by atoms with van der Waals surface area (Å²) < 4.78 is 5.87. The number of hydrogen-bond acceptors (Lipinski definition) is 4. The van der Waals surface area contributed by atoms with Gasteiger partial charge in [0, 0.05) is 30.3 Å². The molecular weight excluding hydrogens is 362 g/mol. The standard InChI is InChI=1S/C21H22ClN3O2/c22-18-9-7-17(8-10-18)20-15-24(13-14-27-20)16-21(26)25(12-4-11-23)19-5-2-1-3-6-19/h1-3,5-10,20H,4,12-16H2. The summed E-state index contributed by atoms with van der Waals surface area (Å²) >= 11 is 5.96. The second kappa shape index (κ2) is 9.52. The molecule has 2 aromatic rings. The van der Waals surface area contributed by atoms with Gasteiger partial charge in [0.25, 0.3) is 0 Å². The first-order valence-electron chi connectivity index (χ1n) is 8.99. The lowest BCUT2D eigenvalue weighted by Gasteiger charge is -2.34. The van der Waals surface area contributed by atoms with E-state index in [9.17, 15) is 4.79 Å². The van der Waals surface area contributed by atoms with E-state index in [1.165, 1.54) is 0 Å². The molecule has 0 N–H and O–H groups in total. The van der Waals surface area contributed by atoms with Crippen LogP contribution in [0.4, 0.5) is 5.69 Å². The molecular formula is C21H22ClN3O2. The Morgan fingerprint density at radius 3 is 2.67 bits per heavy atom. The Hall–Kier alpha value is -2.39. The summed E-state index contributed by atoms with van der Waals surface area (Å²) in [5, 5.41) is 9.61. The number of amides is 1. The fraction of sp³-hybridized carbons (Fsp3) is 0.333. The second-order valence-corrected chi connectivity index (χ2v) is 6.87. The van der Waals surface area contributed by atoms with Crippen LogP contribution in [0.1, 0.15) is 18.1 Å². The van der Waals surface area contributed by atoms with Crippen LogP contribution in [0, 0.1) is 11.3 Å². The van der Waals surface area contributed by atoms with E-state index in [1.54, 1.807) is 4.90 Å². The van der Waals surface area contributed by atoms with Crippen molar-refractivity contribution >= 4 is 23.2 Å². The predicted octanol–water partition coefficient (Wildman–Crippen LogP) is 3.66. The van der Waals surface area contributed by atoms with Gasteiger partial charge in [-0.05, 0) is 29.8 Å². The van der Waals surface area contributed by atoms with Gasteiger partial charge in [-0.3, -0.25) is 9.69 Å². The number of rotatable bonds is 6. The molecule has 0 aliphatic carbocycles. The van der Waals surface area contributed by atoms with E-state index in [0.29, 0.717) is 44.2 Å². The van der Waals surface area contributed by atoms with Crippen LogP contribution in [0.2, 0.25) is 5.02 Å². The Morgan fingerprint density at radius 2 is 1.96 bits per heavy atom. The predicted molar refractivity (Wildman–Crippen MR) is 106 cm³/mol. The van der Waals surface area contributed by atoms with Crippen LogP contribution in [0.25, 0.3) is 0 Å². The van der Waals surface area contributed by atoms with Crippen LogP contribution in [-0.4, -0.2) is 43.6 Å². The van der Waals surface area contributed by atoms with Gasteiger partial charge in [0.2, 0.25) is 5.91 Å². The van der Waals surface area contributed by atoms with Crippen molar-refractivity contribution in [1.29, 1.82) is 5.26 Å². The van der Waals surface area contributed by atoms with Crippen LogP contribution in [0.3, 0.4) is 0 Å². The third-order valence-electron chi connectivity index (χ3n) is 4.57. The molecule has 1 unspecified atom stereocenters. The number of morpholine rings is 1. The minimum Gasteiger partial charge on any atom is -0.371 e. The quantitative estimate of drug-likeness (QED) is 0.763. The average molecular weight is 384 g/mol. The van der Waals surface area contributed by atoms with Gasteiger partial charge >= 0.3 is 0 Å². The second-order valence-electron chi connectivity index (χ2n) is 6.44. The summed E-state index contributed by atoms with van der Waals surface area (Å²) in [6.07, 6.45) is 0.227. The number of halogens is 1. The highest BCUT2D eigenvalue weighted by Crippen LogP contribution is 2.24. The van der Waals surface area contributed by atoms with Gasteiger partial charge in [-0.1, -0.05) is 41.9 Å². The van der Waals surface area contributed by atoms with E-state index < -0.39 is 0 Å². The smallest absolute Gasteiger partial charge is 0.241 e. The lowest BCUT2D eigenvalue weighted by molar-refractivity contribution is -0.121. The van der Waals surface area contributed by atoms with Crippen molar-refractivity contribution in [3.63, 3.8) is 0 Å². The molecule has 3 rings (SSSR count). The highest BCUT2D eigenvalue weighted by atomic mass is 35.5. The summed E-state index contributed by atoms with van der Waals surface area (Å²) in [5.74, 6) is -0.00629. The molecule has 1 saturated heterocycles. The highest BCUT2D eigenvalue weighted by Gasteiger charge is 2.25. The number of hydrogen-bond donors (Lipinski definition) is 0. The van der Waals surface area contributed by atoms with Crippen molar-refractivity contribution in [2.45, 2.75) is 12.5 Å². The van der Waals surface area contributed by atoms with Crippen LogP contribution in [0.15, 0.2) is 54.6 Å². The molecule has 1 atom stereocenters. The maximum absolute atomic E-state index is 12.9. The summed E-state index contributed by atoms with van der Waals surface area (Å²) in [5.41, 5.74) is 1.88. The van der Waals surface area contributed by atoms with E-state index in [0.717, 1.165) is 11.3 Å². The minimum absolute atomic E-state index is 0.00629.